The van der Waals surface area contributed by atoms with Gasteiger partial charge in [-0.1, -0.05) is 19.9 Å². The SMILES string of the molecule is CC(=O)OC1CCC[C@]2(C)C1=CC[C@H]1[C@@H]3CCC(=O)[C@@]3(C)CC[C@@H]12. The smallest absolute Gasteiger partial charge is 0.303 e. The average Bonchev–Trinajstić information content (AvgIpc) is 2.82. The lowest BCUT2D eigenvalue weighted by atomic mass is 9.48. The largest absolute Gasteiger partial charge is 0.458 e. The molecule has 4 aliphatic rings. The summed E-state index contributed by atoms with van der Waals surface area (Å²) in [6.07, 6.45) is 10.8. The van der Waals surface area contributed by atoms with Gasteiger partial charge in [-0.05, 0) is 73.7 Å². The molecule has 132 valence electrons. The Hall–Kier alpha value is -1.12. The number of hydrogen-bond donors (Lipinski definition) is 0. The maximum Gasteiger partial charge on any atom is 0.303 e. The molecule has 0 aromatic heterocycles. The number of rotatable bonds is 1. The maximum atomic E-state index is 12.5. The van der Waals surface area contributed by atoms with Gasteiger partial charge in [-0.2, -0.15) is 0 Å². The van der Waals surface area contributed by atoms with Gasteiger partial charge in [0.25, 0.3) is 0 Å². The lowest BCUT2D eigenvalue weighted by Crippen LogP contribution is -2.51. The Morgan fingerprint density at radius 1 is 1.12 bits per heavy atom. The third-order valence-electron chi connectivity index (χ3n) is 8.05. The lowest BCUT2D eigenvalue weighted by Gasteiger charge is -2.57. The molecule has 0 heterocycles. The fourth-order valence-electron chi connectivity index (χ4n) is 6.85. The van der Waals surface area contributed by atoms with Gasteiger partial charge in [0.1, 0.15) is 11.9 Å². The zero-order valence-electron chi connectivity index (χ0n) is 15.3. The molecule has 0 saturated heterocycles. The number of esters is 1. The van der Waals surface area contributed by atoms with Crippen molar-refractivity contribution >= 4 is 11.8 Å². The third-order valence-corrected chi connectivity index (χ3v) is 8.05. The molecule has 0 N–H and O–H groups in total. The molecule has 1 unspecified atom stereocenters. The van der Waals surface area contributed by atoms with E-state index >= 15 is 0 Å². The van der Waals surface area contributed by atoms with Crippen LogP contribution in [0.4, 0.5) is 0 Å². The summed E-state index contributed by atoms with van der Waals surface area (Å²) in [5, 5.41) is 0. The standard InChI is InChI=1S/C21H30O3/c1-13(22)24-18-5-4-11-20(2)16-10-12-21(3)15(8-9-19(21)23)14(16)6-7-17(18)20/h7,14-16,18H,4-6,8-12H2,1-3H3/t14-,15-,16-,18?,20-,21-/m0/s1. The molecule has 3 fully saturated rings. The number of allylic oxidation sites excluding steroid dienone is 1. The van der Waals surface area contributed by atoms with Crippen LogP contribution in [-0.2, 0) is 14.3 Å². The van der Waals surface area contributed by atoms with Crippen LogP contribution in [0, 0.1) is 28.6 Å². The van der Waals surface area contributed by atoms with E-state index in [0.29, 0.717) is 23.5 Å². The number of fused-ring (bicyclic) bond motifs is 5. The maximum absolute atomic E-state index is 12.5. The van der Waals surface area contributed by atoms with Crippen molar-refractivity contribution in [3.05, 3.63) is 11.6 Å². The first-order chi connectivity index (χ1) is 11.4. The number of Topliss-reactive ketones (excluding diaryl/α,β-unsaturated/α-hetero) is 1. The second-order valence-electron chi connectivity index (χ2n) is 9.10. The van der Waals surface area contributed by atoms with Gasteiger partial charge in [-0.15, -0.1) is 0 Å². The van der Waals surface area contributed by atoms with Crippen LogP contribution < -0.4 is 0 Å². The zero-order valence-corrected chi connectivity index (χ0v) is 15.3. The van der Waals surface area contributed by atoms with Crippen LogP contribution in [0.3, 0.4) is 0 Å². The molecule has 0 bridgehead atoms. The van der Waals surface area contributed by atoms with Gasteiger partial charge in [-0.3, -0.25) is 9.59 Å². The lowest BCUT2D eigenvalue weighted by molar-refractivity contribution is -0.148. The number of carbonyl (C=O) groups excluding carboxylic acids is 2. The van der Waals surface area contributed by atoms with Crippen LogP contribution in [0.15, 0.2) is 11.6 Å². The number of hydrogen-bond acceptors (Lipinski definition) is 3. The van der Waals surface area contributed by atoms with E-state index in [0.717, 1.165) is 44.9 Å². The Balaban J connectivity index is 1.67. The van der Waals surface area contributed by atoms with E-state index in [9.17, 15) is 9.59 Å². The number of ether oxygens (including phenoxy) is 1. The molecule has 0 radical (unpaired) electrons. The Morgan fingerprint density at radius 3 is 2.62 bits per heavy atom. The molecule has 4 rings (SSSR count). The van der Waals surface area contributed by atoms with Crippen molar-refractivity contribution < 1.29 is 14.3 Å². The molecule has 0 aliphatic heterocycles. The second kappa shape index (κ2) is 5.44. The monoisotopic (exact) mass is 330 g/mol. The van der Waals surface area contributed by atoms with E-state index in [1.165, 1.54) is 18.9 Å². The summed E-state index contributed by atoms with van der Waals surface area (Å²) in [6.45, 7) is 6.16. The van der Waals surface area contributed by atoms with E-state index < -0.39 is 0 Å². The predicted molar refractivity (Wildman–Crippen MR) is 92.3 cm³/mol. The van der Waals surface area contributed by atoms with Crippen LogP contribution in [0.25, 0.3) is 0 Å². The van der Waals surface area contributed by atoms with Crippen LogP contribution in [0.5, 0.6) is 0 Å². The predicted octanol–water partition coefficient (Wildman–Crippen LogP) is 4.45. The van der Waals surface area contributed by atoms with Crippen molar-refractivity contribution in [2.75, 3.05) is 0 Å². The van der Waals surface area contributed by atoms with Gasteiger partial charge in [-0.25, -0.2) is 0 Å². The van der Waals surface area contributed by atoms with Gasteiger partial charge < -0.3 is 4.74 Å². The highest BCUT2D eigenvalue weighted by Crippen LogP contribution is 2.64. The minimum absolute atomic E-state index is 0.0132. The van der Waals surface area contributed by atoms with E-state index in [1.807, 2.05) is 0 Å². The topological polar surface area (TPSA) is 43.4 Å². The molecular formula is C21H30O3. The zero-order chi connectivity index (χ0) is 17.1. The second-order valence-corrected chi connectivity index (χ2v) is 9.10. The highest BCUT2D eigenvalue weighted by Gasteiger charge is 2.59. The summed E-state index contributed by atoms with van der Waals surface area (Å²) in [7, 11) is 0. The average molecular weight is 330 g/mol. The summed E-state index contributed by atoms with van der Waals surface area (Å²) in [5.41, 5.74) is 1.49. The van der Waals surface area contributed by atoms with Crippen LogP contribution in [-0.4, -0.2) is 17.9 Å². The van der Waals surface area contributed by atoms with Gasteiger partial charge in [0.2, 0.25) is 0 Å². The molecule has 0 amide bonds. The van der Waals surface area contributed by atoms with E-state index in [1.54, 1.807) is 0 Å². The first-order valence-electron chi connectivity index (χ1n) is 9.77. The van der Waals surface area contributed by atoms with Gasteiger partial charge in [0.05, 0.1) is 0 Å². The first-order valence-corrected chi connectivity index (χ1v) is 9.77. The Morgan fingerprint density at radius 2 is 1.88 bits per heavy atom. The van der Waals surface area contributed by atoms with Gasteiger partial charge in [0, 0.05) is 18.8 Å². The summed E-state index contributed by atoms with van der Waals surface area (Å²) < 4.78 is 5.67. The molecule has 0 aromatic carbocycles. The minimum Gasteiger partial charge on any atom is -0.458 e. The summed E-state index contributed by atoms with van der Waals surface area (Å²) in [4.78, 5) is 24.0. The molecule has 24 heavy (non-hydrogen) atoms. The Kier molecular flexibility index (Phi) is 3.71. The van der Waals surface area contributed by atoms with Crippen molar-refractivity contribution in [2.24, 2.45) is 28.6 Å². The van der Waals surface area contributed by atoms with E-state index in [2.05, 4.69) is 19.9 Å². The summed E-state index contributed by atoms with van der Waals surface area (Å²) >= 11 is 0. The molecule has 3 heteroatoms. The molecule has 0 aromatic rings. The van der Waals surface area contributed by atoms with E-state index in [4.69, 9.17) is 4.74 Å². The highest BCUT2D eigenvalue weighted by molar-refractivity contribution is 5.87. The molecule has 3 saturated carbocycles. The van der Waals surface area contributed by atoms with E-state index in [-0.39, 0.29) is 22.9 Å². The fraction of sp³-hybridized carbons (Fsp3) is 0.810. The van der Waals surface area contributed by atoms with Crippen molar-refractivity contribution in [1.29, 1.82) is 0 Å². The van der Waals surface area contributed by atoms with Crippen molar-refractivity contribution in [3.63, 3.8) is 0 Å². The van der Waals surface area contributed by atoms with Crippen LogP contribution >= 0.6 is 0 Å². The van der Waals surface area contributed by atoms with Gasteiger partial charge >= 0.3 is 5.97 Å². The van der Waals surface area contributed by atoms with Crippen molar-refractivity contribution in [1.82, 2.24) is 0 Å². The third kappa shape index (κ3) is 2.16. The molecule has 3 nitrogen and oxygen atoms in total. The molecule has 0 spiro atoms. The normalized spacial score (nSPS) is 47.3. The number of carbonyl (C=O) groups is 2. The molecule has 6 atom stereocenters. The summed E-state index contributed by atoms with van der Waals surface area (Å²) in [5.74, 6) is 2.20. The Bertz CT molecular complexity index is 606. The van der Waals surface area contributed by atoms with Crippen LogP contribution in [0.2, 0.25) is 0 Å². The minimum atomic E-state index is -0.162. The quantitative estimate of drug-likeness (QED) is 0.527. The fourth-order valence-corrected chi connectivity index (χ4v) is 6.85. The van der Waals surface area contributed by atoms with Crippen LogP contribution in [0.1, 0.15) is 72.1 Å². The number of ketones is 1. The van der Waals surface area contributed by atoms with Gasteiger partial charge in [0.15, 0.2) is 0 Å². The Labute approximate surface area is 145 Å². The van der Waals surface area contributed by atoms with Crippen molar-refractivity contribution in [2.45, 2.75) is 78.2 Å². The van der Waals surface area contributed by atoms with Crippen molar-refractivity contribution in [3.8, 4) is 0 Å². The first kappa shape index (κ1) is 16.4. The molecule has 4 aliphatic carbocycles. The highest BCUT2D eigenvalue weighted by atomic mass is 16.5. The molecular weight excluding hydrogens is 300 g/mol. The summed E-state index contributed by atoms with van der Waals surface area (Å²) in [6, 6.07) is 0.